The molecule has 1 aromatic rings. The van der Waals surface area contributed by atoms with Crippen LogP contribution in [0.15, 0.2) is 35.4 Å². The zero-order chi connectivity index (χ0) is 19.3. The summed E-state index contributed by atoms with van der Waals surface area (Å²) in [6.45, 7) is 10.2. The molecule has 0 amide bonds. The molecule has 6 nitrogen and oxygen atoms in total. The fourth-order valence-corrected chi connectivity index (χ4v) is 5.47. The van der Waals surface area contributed by atoms with Crippen molar-refractivity contribution in [3.05, 3.63) is 46.8 Å². The van der Waals surface area contributed by atoms with Gasteiger partial charge in [-0.25, -0.2) is 9.18 Å². The number of hydrogen-bond donors (Lipinski definition) is 4. The van der Waals surface area contributed by atoms with E-state index >= 15 is 0 Å². The Kier molecular flexibility index (Phi) is 4.67. The van der Waals surface area contributed by atoms with Gasteiger partial charge in [-0.2, -0.15) is 0 Å². The van der Waals surface area contributed by atoms with Crippen molar-refractivity contribution in [3.8, 4) is 0 Å². The van der Waals surface area contributed by atoms with Gasteiger partial charge in [0.25, 0.3) is 0 Å². The SMILES string of the molecule is C=CC[NH+]1CC[NH+](c2cc3c(cc2F)C(=O)C(C(=O)O)=C2SC(C)[NH+]23)CC1. The summed E-state index contributed by atoms with van der Waals surface area (Å²) in [7, 11) is 0. The third kappa shape index (κ3) is 2.93. The molecule has 3 heterocycles. The van der Waals surface area contributed by atoms with Crippen molar-refractivity contribution in [1.29, 1.82) is 0 Å². The number of rotatable bonds is 4. The quantitative estimate of drug-likeness (QED) is 0.373. The van der Waals surface area contributed by atoms with Crippen LogP contribution >= 0.6 is 11.8 Å². The average molecular weight is 392 g/mol. The van der Waals surface area contributed by atoms with Crippen molar-refractivity contribution < 1.29 is 33.8 Å². The number of carboxylic acids is 1. The van der Waals surface area contributed by atoms with Crippen LogP contribution in [0.2, 0.25) is 0 Å². The molecular weight excluding hydrogens is 369 g/mol. The Morgan fingerprint density at radius 3 is 2.63 bits per heavy atom. The van der Waals surface area contributed by atoms with Crippen LogP contribution in [-0.2, 0) is 4.79 Å². The standard InChI is InChI=1S/C19H20FN3O3S/c1-3-4-21-5-7-22(8-6-21)15-10-14-12(9-13(15)20)17(24)16(19(25)26)18-23(14)11(2)27-18/h3,9-11H,1,4-8H2,2H3,(H,25,26)/p+3. The molecule has 2 fully saturated rings. The number of carboxylic acid groups (broad SMARTS) is 1. The second kappa shape index (κ2) is 6.87. The third-order valence-corrected chi connectivity index (χ3v) is 6.88. The van der Waals surface area contributed by atoms with Crippen LogP contribution in [0.1, 0.15) is 17.3 Å². The van der Waals surface area contributed by atoms with Gasteiger partial charge in [0.15, 0.2) is 33.2 Å². The largest absolute Gasteiger partial charge is 0.477 e. The number of aliphatic carboxylic acids is 1. The monoisotopic (exact) mass is 392 g/mol. The minimum absolute atomic E-state index is 0.100. The number of nitrogens with one attached hydrogen (secondary N) is 3. The molecule has 3 aliphatic rings. The number of Topliss-reactive ketones (excluding diaryl/α,β-unsaturated/α-hetero) is 1. The van der Waals surface area contributed by atoms with E-state index in [4.69, 9.17) is 0 Å². The maximum absolute atomic E-state index is 14.9. The van der Waals surface area contributed by atoms with Gasteiger partial charge in [-0.1, -0.05) is 6.58 Å². The van der Waals surface area contributed by atoms with Crippen LogP contribution in [0.25, 0.3) is 0 Å². The Hall–Kier alpha value is -2.00. The van der Waals surface area contributed by atoms with E-state index in [0.29, 0.717) is 16.4 Å². The van der Waals surface area contributed by atoms with Gasteiger partial charge in [0.1, 0.15) is 26.2 Å². The number of carbonyl (C=O) groups excluding carboxylic acids is 1. The predicted molar refractivity (Wildman–Crippen MR) is 99.2 cm³/mol. The minimum atomic E-state index is -1.24. The molecule has 27 heavy (non-hydrogen) atoms. The first kappa shape index (κ1) is 18.4. The topological polar surface area (TPSA) is 67.7 Å². The second-order valence-electron chi connectivity index (χ2n) is 7.24. The van der Waals surface area contributed by atoms with Crippen LogP contribution in [0.4, 0.5) is 15.8 Å². The molecule has 0 aromatic heterocycles. The number of piperazine rings is 1. The first-order valence-corrected chi connectivity index (χ1v) is 10.00. The van der Waals surface area contributed by atoms with E-state index in [9.17, 15) is 19.1 Å². The highest BCUT2D eigenvalue weighted by Crippen LogP contribution is 2.37. The van der Waals surface area contributed by atoms with E-state index in [2.05, 4.69) is 6.58 Å². The van der Waals surface area contributed by atoms with Gasteiger partial charge >= 0.3 is 5.97 Å². The van der Waals surface area contributed by atoms with Crippen LogP contribution in [0.3, 0.4) is 0 Å². The van der Waals surface area contributed by atoms with E-state index in [1.807, 2.05) is 13.0 Å². The lowest BCUT2D eigenvalue weighted by molar-refractivity contribution is -0.983. The normalized spacial score (nSPS) is 29.6. The number of benzene rings is 1. The zero-order valence-electron chi connectivity index (χ0n) is 15.1. The van der Waals surface area contributed by atoms with Crippen molar-refractivity contribution in [3.63, 3.8) is 0 Å². The highest BCUT2D eigenvalue weighted by atomic mass is 32.2. The van der Waals surface area contributed by atoms with Gasteiger partial charge in [0.2, 0.25) is 5.78 Å². The molecule has 0 bridgehead atoms. The van der Waals surface area contributed by atoms with Crippen molar-refractivity contribution in [1.82, 2.24) is 0 Å². The molecule has 1 aromatic carbocycles. The molecule has 4 N–H and O–H groups in total. The summed E-state index contributed by atoms with van der Waals surface area (Å²) in [4.78, 5) is 27.6. The molecule has 2 atom stereocenters. The Morgan fingerprint density at radius 1 is 1.33 bits per heavy atom. The number of quaternary nitrogens is 3. The van der Waals surface area contributed by atoms with Crippen molar-refractivity contribution >= 4 is 34.9 Å². The van der Waals surface area contributed by atoms with Crippen LogP contribution < -0.4 is 14.7 Å². The second-order valence-corrected chi connectivity index (χ2v) is 8.59. The molecule has 0 aliphatic carbocycles. The van der Waals surface area contributed by atoms with Gasteiger partial charge < -0.3 is 10.0 Å². The summed E-state index contributed by atoms with van der Waals surface area (Å²) in [6.07, 6.45) is 1.91. The Labute approximate surface area is 160 Å². The Balaban J connectivity index is 1.69. The van der Waals surface area contributed by atoms with Crippen LogP contribution in [-0.4, -0.2) is 55.0 Å². The smallest absolute Gasteiger partial charge is 0.346 e. The average Bonchev–Trinajstić information content (AvgIpc) is 2.62. The lowest BCUT2D eigenvalue weighted by Crippen LogP contribution is -3.26. The fraction of sp³-hybridized carbons (Fsp3) is 0.368. The summed E-state index contributed by atoms with van der Waals surface area (Å²) in [5, 5.41) is 10.1. The molecule has 2 unspecified atom stereocenters. The summed E-state index contributed by atoms with van der Waals surface area (Å²) in [5.41, 5.74) is 1.24. The maximum atomic E-state index is 14.9. The molecule has 2 saturated heterocycles. The highest BCUT2D eigenvalue weighted by molar-refractivity contribution is 8.04. The summed E-state index contributed by atoms with van der Waals surface area (Å²) in [6, 6.07) is 3.02. The lowest BCUT2D eigenvalue weighted by Gasteiger charge is -2.39. The van der Waals surface area contributed by atoms with Gasteiger partial charge in [-0.05, 0) is 30.8 Å². The molecule has 0 radical (unpaired) electrons. The van der Waals surface area contributed by atoms with Gasteiger partial charge in [-0.15, -0.1) is 0 Å². The molecule has 3 aliphatic heterocycles. The van der Waals surface area contributed by atoms with Crippen LogP contribution in [0.5, 0.6) is 0 Å². The van der Waals surface area contributed by atoms with Crippen molar-refractivity contribution in [2.45, 2.75) is 12.3 Å². The highest BCUT2D eigenvalue weighted by Gasteiger charge is 2.51. The van der Waals surface area contributed by atoms with E-state index in [0.717, 1.165) is 42.5 Å². The number of ketones is 1. The lowest BCUT2D eigenvalue weighted by atomic mass is 9.96. The molecule has 0 saturated carbocycles. The molecule has 0 spiro atoms. The Bertz CT molecular complexity index is 877. The number of halogens is 1. The van der Waals surface area contributed by atoms with Gasteiger partial charge in [0, 0.05) is 0 Å². The molecule has 8 heteroatoms. The summed E-state index contributed by atoms with van der Waals surface area (Å²) in [5.74, 6) is -2.26. The van der Waals surface area contributed by atoms with E-state index in [-0.39, 0.29) is 16.5 Å². The van der Waals surface area contributed by atoms with Crippen molar-refractivity contribution in [2.24, 2.45) is 0 Å². The maximum Gasteiger partial charge on any atom is 0.346 e. The Morgan fingerprint density at radius 2 is 2.04 bits per heavy atom. The first-order valence-electron chi connectivity index (χ1n) is 9.12. The number of hydrogen-bond acceptors (Lipinski definition) is 3. The molecule has 142 valence electrons. The number of fused-ring (bicyclic) bond motifs is 3. The molecule has 4 rings (SSSR count). The summed E-state index contributed by atoms with van der Waals surface area (Å²) < 4.78 is 14.9. The molecular formula is C19H23FN3O3S+3. The minimum Gasteiger partial charge on any atom is -0.477 e. The van der Waals surface area contributed by atoms with E-state index < -0.39 is 17.6 Å². The third-order valence-electron chi connectivity index (χ3n) is 5.63. The predicted octanol–water partition coefficient (Wildman–Crippen LogP) is -1.47. The summed E-state index contributed by atoms with van der Waals surface area (Å²) >= 11 is 1.40. The van der Waals surface area contributed by atoms with Gasteiger partial charge in [0.05, 0.1) is 18.2 Å². The fourth-order valence-electron chi connectivity index (χ4n) is 4.23. The zero-order valence-corrected chi connectivity index (χ0v) is 15.9. The number of thioether (sulfide) groups is 1. The first-order chi connectivity index (χ1) is 12.9. The number of carbonyl (C=O) groups is 2. The van der Waals surface area contributed by atoms with Crippen LogP contribution in [0, 0.1) is 5.82 Å². The van der Waals surface area contributed by atoms with E-state index in [1.54, 1.807) is 6.07 Å². The van der Waals surface area contributed by atoms with E-state index in [1.165, 1.54) is 22.7 Å². The van der Waals surface area contributed by atoms with Crippen molar-refractivity contribution in [2.75, 3.05) is 32.7 Å². The van der Waals surface area contributed by atoms with Gasteiger partial charge in [-0.3, -0.25) is 14.6 Å².